The number of amides is 1. The van der Waals surface area contributed by atoms with E-state index in [9.17, 15) is 9.59 Å². The van der Waals surface area contributed by atoms with Crippen LogP contribution in [0.2, 0.25) is 5.02 Å². The molecule has 0 unspecified atom stereocenters. The number of carbonyl (C=O) groups excluding carboxylic acids is 1. The number of methoxy groups -OCH3 is 2. The Balaban J connectivity index is 1.60. The Hall–Kier alpha value is -3.01. The first-order valence-electron chi connectivity index (χ1n) is 9.41. The van der Waals surface area contributed by atoms with Gasteiger partial charge < -0.3 is 14.8 Å². The number of thiophene rings is 1. The highest BCUT2D eigenvalue weighted by Gasteiger charge is 2.16. The van der Waals surface area contributed by atoms with Crippen LogP contribution in [-0.4, -0.2) is 35.4 Å². The molecule has 0 spiro atoms. The molecule has 2 heterocycles. The monoisotopic (exact) mass is 487 g/mol. The summed E-state index contributed by atoms with van der Waals surface area (Å²) in [5, 5.41) is 5.55. The largest absolute Gasteiger partial charge is 0.493 e. The molecule has 2 aromatic heterocycles. The van der Waals surface area contributed by atoms with E-state index in [4.69, 9.17) is 21.1 Å². The molecule has 0 bridgehead atoms. The molecule has 1 amide bonds. The van der Waals surface area contributed by atoms with Crippen molar-refractivity contribution in [2.75, 3.05) is 25.3 Å². The van der Waals surface area contributed by atoms with Gasteiger partial charge in [0.05, 0.1) is 31.2 Å². The average molecular weight is 488 g/mol. The molecule has 0 aliphatic heterocycles. The lowest BCUT2D eigenvalue weighted by molar-refractivity contribution is -0.113. The van der Waals surface area contributed by atoms with Crippen LogP contribution in [0, 0.1) is 0 Å². The number of hydrogen-bond acceptors (Lipinski definition) is 7. The van der Waals surface area contributed by atoms with Gasteiger partial charge in [0.1, 0.15) is 4.70 Å². The van der Waals surface area contributed by atoms with E-state index in [1.807, 2.05) is 5.38 Å². The van der Waals surface area contributed by atoms with Crippen LogP contribution in [0.1, 0.15) is 0 Å². The zero-order valence-corrected chi connectivity index (χ0v) is 19.5. The number of anilines is 1. The van der Waals surface area contributed by atoms with Crippen molar-refractivity contribution in [3.05, 3.63) is 69.3 Å². The second-order valence-corrected chi connectivity index (χ2v) is 8.85. The zero-order chi connectivity index (χ0) is 22.7. The maximum atomic E-state index is 13.1. The van der Waals surface area contributed by atoms with Crippen molar-refractivity contribution in [3.63, 3.8) is 0 Å². The van der Waals surface area contributed by atoms with E-state index >= 15 is 0 Å². The topological polar surface area (TPSA) is 82.5 Å². The summed E-state index contributed by atoms with van der Waals surface area (Å²) in [4.78, 5) is 30.3. The first-order valence-corrected chi connectivity index (χ1v) is 11.7. The third-order valence-electron chi connectivity index (χ3n) is 4.52. The third-order valence-corrected chi connectivity index (χ3v) is 6.58. The number of fused-ring (bicyclic) bond motifs is 1. The summed E-state index contributed by atoms with van der Waals surface area (Å²) in [6.07, 6.45) is 0. The Labute approximate surface area is 197 Å². The van der Waals surface area contributed by atoms with Gasteiger partial charge in [-0.2, -0.15) is 0 Å². The van der Waals surface area contributed by atoms with Crippen LogP contribution in [0.5, 0.6) is 11.5 Å². The van der Waals surface area contributed by atoms with Gasteiger partial charge in [-0.15, -0.1) is 11.3 Å². The lowest BCUT2D eigenvalue weighted by Crippen LogP contribution is -2.22. The van der Waals surface area contributed by atoms with Gasteiger partial charge >= 0.3 is 0 Å². The van der Waals surface area contributed by atoms with Gasteiger partial charge in [0.25, 0.3) is 5.56 Å². The molecular weight excluding hydrogens is 470 g/mol. The number of aromatic nitrogens is 2. The van der Waals surface area contributed by atoms with Crippen LogP contribution >= 0.6 is 34.7 Å². The maximum Gasteiger partial charge on any atom is 0.276 e. The molecule has 4 aromatic rings. The molecule has 2 aromatic carbocycles. The van der Waals surface area contributed by atoms with Crippen LogP contribution in [0.3, 0.4) is 0 Å². The number of ether oxygens (including phenoxy) is 2. The number of nitrogens with one attached hydrogen (secondary N) is 1. The van der Waals surface area contributed by atoms with Gasteiger partial charge in [-0.3, -0.25) is 14.2 Å². The van der Waals surface area contributed by atoms with Crippen molar-refractivity contribution >= 4 is 56.5 Å². The predicted octanol–water partition coefficient (Wildman–Crippen LogP) is 4.85. The fourth-order valence-electron chi connectivity index (χ4n) is 3.07. The molecule has 7 nitrogen and oxygen atoms in total. The molecule has 164 valence electrons. The Morgan fingerprint density at radius 1 is 1.16 bits per heavy atom. The molecular formula is C22H18ClN3O4S2. The van der Waals surface area contributed by atoms with E-state index in [1.54, 1.807) is 55.6 Å². The van der Waals surface area contributed by atoms with Gasteiger partial charge in [-0.05, 0) is 41.8 Å². The SMILES string of the molecule is COc1ccc(NC(=O)CSc2nc3ccsc3c(=O)n2-c2cccc(Cl)c2)cc1OC. The standard InChI is InChI=1S/C22H18ClN3O4S2/c1-29-17-7-6-14(11-18(17)30-2)24-19(27)12-32-22-25-16-8-9-31-20(16)21(28)26(22)15-5-3-4-13(23)10-15/h3-11H,12H2,1-2H3,(H,24,27). The van der Waals surface area contributed by atoms with Gasteiger partial charge in [-0.1, -0.05) is 29.4 Å². The van der Waals surface area contributed by atoms with Crippen molar-refractivity contribution in [2.24, 2.45) is 0 Å². The van der Waals surface area contributed by atoms with Crippen LogP contribution in [-0.2, 0) is 4.79 Å². The third kappa shape index (κ3) is 4.59. The number of carbonyl (C=O) groups is 1. The highest BCUT2D eigenvalue weighted by Crippen LogP contribution is 2.30. The first-order chi connectivity index (χ1) is 15.5. The minimum Gasteiger partial charge on any atom is -0.493 e. The maximum absolute atomic E-state index is 13.1. The van der Waals surface area contributed by atoms with Crippen LogP contribution in [0.25, 0.3) is 15.9 Å². The lowest BCUT2D eigenvalue weighted by Gasteiger charge is -2.13. The Morgan fingerprint density at radius 3 is 2.72 bits per heavy atom. The van der Waals surface area contributed by atoms with Crippen molar-refractivity contribution in [1.29, 1.82) is 0 Å². The Bertz CT molecular complexity index is 1350. The van der Waals surface area contributed by atoms with E-state index in [0.717, 1.165) is 0 Å². The second kappa shape index (κ2) is 9.64. The van der Waals surface area contributed by atoms with Gasteiger partial charge in [0, 0.05) is 16.8 Å². The number of nitrogens with zero attached hydrogens (tertiary/aromatic N) is 2. The summed E-state index contributed by atoms with van der Waals surface area (Å²) in [5.41, 5.74) is 1.56. The molecule has 0 aliphatic carbocycles. The van der Waals surface area contributed by atoms with Gasteiger partial charge in [-0.25, -0.2) is 4.98 Å². The van der Waals surface area contributed by atoms with Crippen LogP contribution in [0.15, 0.2) is 63.9 Å². The van der Waals surface area contributed by atoms with Crippen LogP contribution in [0.4, 0.5) is 5.69 Å². The zero-order valence-electron chi connectivity index (χ0n) is 17.1. The molecule has 4 rings (SSSR count). The first kappa shape index (κ1) is 22.2. The smallest absolute Gasteiger partial charge is 0.276 e. The Kier molecular flexibility index (Phi) is 6.69. The van der Waals surface area contributed by atoms with E-state index in [0.29, 0.717) is 43.3 Å². The van der Waals surface area contributed by atoms with Crippen molar-refractivity contribution < 1.29 is 14.3 Å². The molecule has 10 heteroatoms. The molecule has 0 radical (unpaired) electrons. The predicted molar refractivity (Wildman–Crippen MR) is 129 cm³/mol. The molecule has 0 aliphatic rings. The van der Waals surface area contributed by atoms with Gasteiger partial charge in [0.15, 0.2) is 16.7 Å². The minimum atomic E-state index is -0.250. The van der Waals surface area contributed by atoms with Gasteiger partial charge in [0.2, 0.25) is 5.91 Å². The number of hydrogen-bond donors (Lipinski definition) is 1. The van der Waals surface area contributed by atoms with Crippen molar-refractivity contribution in [3.8, 4) is 17.2 Å². The van der Waals surface area contributed by atoms with Crippen LogP contribution < -0.4 is 20.3 Å². The molecule has 0 saturated heterocycles. The summed E-state index contributed by atoms with van der Waals surface area (Å²) >= 11 is 8.64. The highest BCUT2D eigenvalue weighted by molar-refractivity contribution is 7.99. The van der Waals surface area contributed by atoms with E-state index in [-0.39, 0.29) is 17.2 Å². The summed E-state index contributed by atoms with van der Waals surface area (Å²) in [5.74, 6) is 0.882. The quantitative estimate of drug-likeness (QED) is 0.296. The number of benzene rings is 2. The number of rotatable bonds is 7. The molecule has 1 N–H and O–H groups in total. The van der Waals surface area contributed by atoms with E-state index < -0.39 is 0 Å². The molecule has 32 heavy (non-hydrogen) atoms. The second-order valence-electron chi connectivity index (χ2n) is 6.56. The van der Waals surface area contributed by atoms with E-state index in [1.165, 1.54) is 34.8 Å². The summed E-state index contributed by atoms with van der Waals surface area (Å²) in [6, 6.07) is 13.9. The Morgan fingerprint density at radius 2 is 1.97 bits per heavy atom. The normalized spacial score (nSPS) is 10.8. The highest BCUT2D eigenvalue weighted by atomic mass is 35.5. The molecule has 0 fully saturated rings. The van der Waals surface area contributed by atoms with Crippen molar-refractivity contribution in [2.45, 2.75) is 5.16 Å². The lowest BCUT2D eigenvalue weighted by atomic mass is 10.2. The van der Waals surface area contributed by atoms with E-state index in [2.05, 4.69) is 10.3 Å². The molecule has 0 saturated carbocycles. The minimum absolute atomic E-state index is 0.0526. The fourth-order valence-corrected chi connectivity index (χ4v) is 4.83. The average Bonchev–Trinajstić information content (AvgIpc) is 3.26. The summed E-state index contributed by atoms with van der Waals surface area (Å²) in [7, 11) is 3.07. The summed E-state index contributed by atoms with van der Waals surface area (Å²) in [6.45, 7) is 0. The number of thioether (sulfide) groups is 1. The number of halogens is 1. The molecule has 0 atom stereocenters. The fraction of sp³-hybridized carbons (Fsp3) is 0.136. The summed E-state index contributed by atoms with van der Waals surface area (Å²) < 4.78 is 12.5. The van der Waals surface area contributed by atoms with Crippen molar-refractivity contribution in [1.82, 2.24) is 9.55 Å².